The summed E-state index contributed by atoms with van der Waals surface area (Å²) in [6.07, 6.45) is 0.593. The minimum Gasteiger partial charge on any atom is -0.451 e. The van der Waals surface area contributed by atoms with Gasteiger partial charge in [-0.15, -0.1) is 0 Å². The second-order valence-corrected chi connectivity index (χ2v) is 9.43. The average molecular weight is 515 g/mol. The number of carbonyl (C=O) groups is 1. The number of benzene rings is 3. The van der Waals surface area contributed by atoms with E-state index in [0.717, 1.165) is 21.3 Å². The molecule has 154 valence electrons. The number of nitrogens with zero attached hydrogens (tertiary/aromatic N) is 2. The van der Waals surface area contributed by atoms with E-state index >= 15 is 0 Å². The van der Waals surface area contributed by atoms with Gasteiger partial charge in [-0.05, 0) is 35.9 Å². The summed E-state index contributed by atoms with van der Waals surface area (Å²) in [7, 11) is 0. The molecule has 3 aromatic carbocycles. The van der Waals surface area contributed by atoms with E-state index in [1.807, 2.05) is 54.6 Å². The molecule has 0 saturated carbocycles. The van der Waals surface area contributed by atoms with Gasteiger partial charge in [0.25, 0.3) is 5.91 Å². The first-order chi connectivity index (χ1) is 15.0. The Morgan fingerprint density at radius 2 is 1.94 bits per heavy atom. The first kappa shape index (κ1) is 19.2. The van der Waals surface area contributed by atoms with E-state index in [9.17, 15) is 4.79 Å². The lowest BCUT2D eigenvalue weighted by molar-refractivity contribution is -0.161. The van der Waals surface area contributed by atoms with Gasteiger partial charge in [0.1, 0.15) is 5.75 Å². The topological polar surface area (TPSA) is 53.9 Å². The lowest BCUT2D eigenvalue weighted by atomic mass is 9.92. The number of rotatable bonds is 1. The summed E-state index contributed by atoms with van der Waals surface area (Å²) in [5, 5.41) is 10.5. The molecule has 3 aliphatic rings. The van der Waals surface area contributed by atoms with Crippen LogP contribution in [0, 0.1) is 0 Å². The molecule has 31 heavy (non-hydrogen) atoms. The van der Waals surface area contributed by atoms with E-state index in [0.29, 0.717) is 33.5 Å². The van der Waals surface area contributed by atoms with Gasteiger partial charge in [0.05, 0.1) is 28.0 Å². The van der Waals surface area contributed by atoms with Crippen molar-refractivity contribution < 1.29 is 9.53 Å². The van der Waals surface area contributed by atoms with Crippen LogP contribution in [-0.2, 0) is 10.5 Å². The van der Waals surface area contributed by atoms with E-state index < -0.39 is 5.72 Å². The van der Waals surface area contributed by atoms with Crippen LogP contribution in [0.1, 0.15) is 29.2 Å². The summed E-state index contributed by atoms with van der Waals surface area (Å²) < 4.78 is 7.29. The fraction of sp³-hybridized carbons (Fsp3) is 0.130. The summed E-state index contributed by atoms with van der Waals surface area (Å²) in [5.74, 6) is 0.153. The molecule has 1 N–H and O–H groups in total. The zero-order valence-corrected chi connectivity index (χ0v) is 19.0. The molecule has 0 fully saturated rings. The monoisotopic (exact) mass is 513 g/mol. The van der Waals surface area contributed by atoms with Gasteiger partial charge in [-0.1, -0.05) is 69.5 Å². The molecule has 3 aliphatic heterocycles. The molecule has 3 aromatic rings. The second-order valence-electron chi connectivity index (χ2n) is 7.67. The Labute approximate surface area is 196 Å². The van der Waals surface area contributed by atoms with Crippen molar-refractivity contribution in [2.75, 3.05) is 5.32 Å². The zero-order chi connectivity index (χ0) is 21.3. The summed E-state index contributed by atoms with van der Waals surface area (Å²) in [6.45, 7) is 0. The molecule has 5 nitrogen and oxygen atoms in total. The number of hydrogen-bond donors (Lipinski definition) is 1. The zero-order valence-electron chi connectivity index (χ0n) is 15.9. The Morgan fingerprint density at radius 1 is 1.13 bits per heavy atom. The lowest BCUT2D eigenvalue weighted by Gasteiger charge is -2.44. The predicted octanol–water partition coefficient (Wildman–Crippen LogP) is 6.10. The van der Waals surface area contributed by atoms with E-state index in [1.54, 1.807) is 11.1 Å². The fourth-order valence-corrected chi connectivity index (χ4v) is 5.45. The van der Waals surface area contributed by atoms with Gasteiger partial charge in [-0.25, -0.2) is 5.01 Å². The molecular formula is C23H14BrCl2N3O2. The summed E-state index contributed by atoms with van der Waals surface area (Å²) >= 11 is 16.4. The maximum atomic E-state index is 13.5. The van der Waals surface area contributed by atoms with Crippen LogP contribution < -0.4 is 10.1 Å². The van der Waals surface area contributed by atoms with Crippen LogP contribution in [0.4, 0.5) is 5.69 Å². The third-order valence-corrected chi connectivity index (χ3v) is 6.88. The van der Waals surface area contributed by atoms with Gasteiger partial charge in [0.15, 0.2) is 0 Å². The molecular weight excluding hydrogens is 501 g/mol. The summed E-state index contributed by atoms with van der Waals surface area (Å²) in [4.78, 5) is 13.5. The first-order valence-electron chi connectivity index (χ1n) is 9.69. The van der Waals surface area contributed by atoms with Crippen molar-refractivity contribution in [2.45, 2.75) is 18.2 Å². The lowest BCUT2D eigenvalue weighted by Crippen LogP contribution is -2.55. The Balaban J connectivity index is 1.62. The smallest absolute Gasteiger partial charge is 0.306 e. The molecule has 6 rings (SSSR count). The molecule has 0 radical (unpaired) electrons. The number of anilines is 1. The standard InChI is InChI=1S/C23H14BrCl2N3O2/c24-13-6-7-18-16(8-13)23(22(30)27-18)29-20(11-19(28-29)12-4-2-1-3-5-12)15-9-14(25)10-17(26)21(15)31-23/h1-10,20H,11H2,(H,27,30)/t20-,23+/m1/s1. The van der Waals surface area contributed by atoms with Crippen LogP contribution in [0.25, 0.3) is 0 Å². The van der Waals surface area contributed by atoms with Crippen molar-refractivity contribution in [3.8, 4) is 5.75 Å². The highest BCUT2D eigenvalue weighted by Crippen LogP contribution is 2.56. The maximum absolute atomic E-state index is 13.5. The molecule has 1 amide bonds. The molecule has 8 heteroatoms. The fourth-order valence-electron chi connectivity index (χ4n) is 4.54. The largest absolute Gasteiger partial charge is 0.451 e. The van der Waals surface area contributed by atoms with Crippen LogP contribution in [-0.4, -0.2) is 16.6 Å². The number of amides is 1. The predicted molar refractivity (Wildman–Crippen MR) is 124 cm³/mol. The van der Waals surface area contributed by atoms with Crippen LogP contribution >= 0.6 is 39.1 Å². The highest BCUT2D eigenvalue weighted by molar-refractivity contribution is 9.10. The number of hydrogen-bond acceptors (Lipinski definition) is 4. The summed E-state index contributed by atoms with van der Waals surface area (Å²) in [5.41, 5.74) is 2.58. The van der Waals surface area contributed by atoms with Gasteiger partial charge in [0, 0.05) is 21.5 Å². The van der Waals surface area contributed by atoms with Crippen LogP contribution in [0.2, 0.25) is 10.0 Å². The van der Waals surface area contributed by atoms with E-state index in [-0.39, 0.29) is 11.9 Å². The number of hydrazone groups is 1. The summed E-state index contributed by atoms with van der Waals surface area (Å²) in [6, 6.07) is 18.7. The molecule has 0 aromatic heterocycles. The van der Waals surface area contributed by atoms with Gasteiger partial charge in [-0.3, -0.25) is 4.79 Å². The highest BCUT2D eigenvalue weighted by Gasteiger charge is 2.61. The third kappa shape index (κ3) is 2.68. The number of ether oxygens (including phenoxy) is 1. The van der Waals surface area contributed by atoms with Crippen molar-refractivity contribution in [3.05, 3.63) is 91.9 Å². The van der Waals surface area contributed by atoms with Crippen LogP contribution in [0.3, 0.4) is 0 Å². The Bertz CT molecular complexity index is 1300. The minimum atomic E-state index is -1.47. The molecule has 1 spiro atoms. The first-order valence-corrected chi connectivity index (χ1v) is 11.2. The number of nitrogens with one attached hydrogen (secondary N) is 1. The third-order valence-electron chi connectivity index (χ3n) is 5.89. The normalized spacial score (nSPS) is 23.1. The van der Waals surface area contributed by atoms with Gasteiger partial charge < -0.3 is 10.1 Å². The molecule has 3 heterocycles. The SMILES string of the molecule is O=C1Nc2ccc(Br)cc2[C@]12Oc1c(Cl)cc(Cl)cc1[C@H]1CC(c3ccccc3)=NN12. The van der Waals surface area contributed by atoms with E-state index in [4.69, 9.17) is 33.0 Å². The van der Waals surface area contributed by atoms with Crippen LogP contribution in [0.5, 0.6) is 5.75 Å². The van der Waals surface area contributed by atoms with Crippen molar-refractivity contribution in [2.24, 2.45) is 5.10 Å². The van der Waals surface area contributed by atoms with Crippen molar-refractivity contribution in [1.82, 2.24) is 5.01 Å². The number of carbonyl (C=O) groups excluding carboxylic acids is 1. The quantitative estimate of drug-likeness (QED) is 0.426. The molecule has 0 bridgehead atoms. The van der Waals surface area contributed by atoms with Crippen LogP contribution in [0.15, 0.2) is 70.2 Å². The van der Waals surface area contributed by atoms with Gasteiger partial charge >= 0.3 is 5.72 Å². The van der Waals surface area contributed by atoms with Crippen molar-refractivity contribution in [1.29, 1.82) is 0 Å². The molecule has 0 saturated heterocycles. The molecule has 2 atom stereocenters. The maximum Gasteiger partial charge on any atom is 0.306 e. The Hall–Kier alpha value is -2.54. The van der Waals surface area contributed by atoms with Crippen molar-refractivity contribution in [3.63, 3.8) is 0 Å². The molecule has 0 aliphatic carbocycles. The number of fused-ring (bicyclic) bond motifs is 6. The van der Waals surface area contributed by atoms with E-state index in [1.165, 1.54) is 0 Å². The second kappa shape index (κ2) is 6.73. The molecule has 0 unspecified atom stereocenters. The Kier molecular flexibility index (Phi) is 4.16. The van der Waals surface area contributed by atoms with Gasteiger partial charge in [-0.2, -0.15) is 5.10 Å². The van der Waals surface area contributed by atoms with E-state index in [2.05, 4.69) is 21.2 Å². The van der Waals surface area contributed by atoms with Crippen molar-refractivity contribution >= 4 is 56.4 Å². The average Bonchev–Trinajstić information content (AvgIpc) is 3.31. The Morgan fingerprint density at radius 3 is 2.74 bits per heavy atom. The minimum absolute atomic E-state index is 0.258. The van der Waals surface area contributed by atoms with Gasteiger partial charge in [0.2, 0.25) is 0 Å². The highest BCUT2D eigenvalue weighted by atomic mass is 79.9. The number of halogens is 3.